The van der Waals surface area contributed by atoms with Crippen molar-refractivity contribution in [3.05, 3.63) is 95.6 Å². The topological polar surface area (TPSA) is 17.1 Å². The summed E-state index contributed by atoms with van der Waals surface area (Å²) in [4.78, 5) is 12.9. The Morgan fingerprint density at radius 3 is 2.38 bits per heavy atom. The lowest BCUT2D eigenvalue weighted by Crippen LogP contribution is -2.04. The zero-order chi connectivity index (χ0) is 18.4. The first kappa shape index (κ1) is 18.1. The third kappa shape index (κ3) is 4.29. The highest BCUT2D eigenvalue weighted by atomic mass is 16.1. The van der Waals surface area contributed by atoms with Crippen LogP contribution < -0.4 is 0 Å². The van der Waals surface area contributed by atoms with Crippen molar-refractivity contribution in [2.24, 2.45) is 0 Å². The number of hydrogen-bond donors (Lipinski definition) is 0. The van der Waals surface area contributed by atoms with E-state index in [-0.39, 0.29) is 5.78 Å². The number of Topliss-reactive ketones (excluding diaryl/α,β-unsaturated/α-hetero) is 1. The predicted octanol–water partition coefficient (Wildman–Crippen LogP) is 6.68. The summed E-state index contributed by atoms with van der Waals surface area (Å²) in [6, 6.07) is 26.7. The van der Waals surface area contributed by atoms with Crippen LogP contribution in [0.3, 0.4) is 0 Å². The van der Waals surface area contributed by atoms with Gasteiger partial charge in [0.15, 0.2) is 5.78 Å². The van der Waals surface area contributed by atoms with E-state index in [4.69, 9.17) is 0 Å². The molecule has 3 rings (SSSR count). The third-order valence-corrected chi connectivity index (χ3v) is 5.09. The molecule has 0 saturated heterocycles. The second-order valence-corrected chi connectivity index (χ2v) is 6.89. The molecule has 0 bridgehead atoms. The summed E-state index contributed by atoms with van der Waals surface area (Å²) < 4.78 is 0. The lowest BCUT2D eigenvalue weighted by atomic mass is 9.93. The molecule has 0 aromatic heterocycles. The van der Waals surface area contributed by atoms with Crippen LogP contribution in [-0.2, 0) is 6.42 Å². The largest absolute Gasteiger partial charge is 0.294 e. The quantitative estimate of drug-likeness (QED) is 0.437. The molecule has 0 amide bonds. The fourth-order valence-electron chi connectivity index (χ4n) is 3.28. The molecule has 0 aliphatic carbocycles. The zero-order valence-electron chi connectivity index (χ0n) is 15.6. The number of aryl methyl sites for hydroxylation is 1. The molecule has 0 fully saturated rings. The van der Waals surface area contributed by atoms with E-state index in [1.165, 1.54) is 11.1 Å². The van der Waals surface area contributed by atoms with Gasteiger partial charge < -0.3 is 0 Å². The van der Waals surface area contributed by atoms with Crippen LogP contribution in [0.25, 0.3) is 11.1 Å². The highest BCUT2D eigenvalue weighted by Gasteiger charge is 2.12. The number of carbonyl (C=O) groups excluding carboxylic acids is 1. The summed E-state index contributed by atoms with van der Waals surface area (Å²) in [5.74, 6) is 0.767. The number of carbonyl (C=O) groups is 1. The second-order valence-electron chi connectivity index (χ2n) is 6.89. The summed E-state index contributed by atoms with van der Waals surface area (Å²) in [7, 11) is 0. The molecule has 1 unspecified atom stereocenters. The van der Waals surface area contributed by atoms with Gasteiger partial charge in [-0.05, 0) is 41.0 Å². The van der Waals surface area contributed by atoms with Crippen molar-refractivity contribution in [1.29, 1.82) is 0 Å². The monoisotopic (exact) mass is 342 g/mol. The maximum atomic E-state index is 12.9. The van der Waals surface area contributed by atoms with Gasteiger partial charge >= 0.3 is 0 Å². The lowest BCUT2D eigenvalue weighted by Gasteiger charge is -2.11. The SMILES string of the molecule is CCC(C)c1cccc(CCC(=O)c2ccccc2-c2ccccc2)c1. The normalized spacial score (nSPS) is 11.9. The average molecular weight is 342 g/mol. The molecule has 3 aromatic rings. The maximum absolute atomic E-state index is 12.9. The molecule has 0 radical (unpaired) electrons. The Morgan fingerprint density at radius 2 is 1.62 bits per heavy atom. The number of benzene rings is 3. The van der Waals surface area contributed by atoms with Crippen LogP contribution in [0.2, 0.25) is 0 Å². The molecule has 0 heterocycles. The van der Waals surface area contributed by atoms with Crippen molar-refractivity contribution in [2.45, 2.75) is 39.0 Å². The number of ketones is 1. The minimum atomic E-state index is 0.207. The molecule has 0 aliphatic rings. The van der Waals surface area contributed by atoms with Crippen LogP contribution in [0.15, 0.2) is 78.9 Å². The lowest BCUT2D eigenvalue weighted by molar-refractivity contribution is 0.0983. The Hall–Kier alpha value is -2.67. The van der Waals surface area contributed by atoms with E-state index in [2.05, 4.69) is 50.2 Å². The molecule has 3 aromatic carbocycles. The molecule has 0 saturated carbocycles. The van der Waals surface area contributed by atoms with E-state index >= 15 is 0 Å². The Bertz CT molecular complexity index is 864. The number of hydrogen-bond acceptors (Lipinski definition) is 1. The van der Waals surface area contributed by atoms with E-state index in [9.17, 15) is 4.79 Å². The van der Waals surface area contributed by atoms with Gasteiger partial charge in [0.2, 0.25) is 0 Å². The van der Waals surface area contributed by atoms with Crippen LogP contribution in [0, 0.1) is 0 Å². The summed E-state index contributed by atoms with van der Waals surface area (Å²) in [5.41, 5.74) is 5.54. The van der Waals surface area contributed by atoms with Crippen LogP contribution in [-0.4, -0.2) is 5.78 Å². The predicted molar refractivity (Wildman–Crippen MR) is 110 cm³/mol. The van der Waals surface area contributed by atoms with Crippen LogP contribution in [0.5, 0.6) is 0 Å². The standard InChI is InChI=1S/C25H26O/c1-3-19(2)22-13-9-10-20(18-22)16-17-25(26)24-15-8-7-14-23(24)21-11-5-4-6-12-21/h4-15,18-19H,3,16-17H2,1-2H3. The molecular formula is C25H26O. The highest BCUT2D eigenvalue weighted by Crippen LogP contribution is 2.25. The maximum Gasteiger partial charge on any atom is 0.163 e. The second kappa shape index (κ2) is 8.62. The van der Waals surface area contributed by atoms with Gasteiger partial charge in [0.1, 0.15) is 0 Å². The van der Waals surface area contributed by atoms with E-state index in [0.717, 1.165) is 29.5 Å². The molecular weight excluding hydrogens is 316 g/mol. The Balaban J connectivity index is 1.76. The Kier molecular flexibility index (Phi) is 6.01. The molecule has 1 atom stereocenters. The van der Waals surface area contributed by atoms with Crippen molar-refractivity contribution < 1.29 is 4.79 Å². The van der Waals surface area contributed by atoms with Gasteiger partial charge in [-0.1, -0.05) is 92.7 Å². The first-order chi connectivity index (χ1) is 12.7. The van der Waals surface area contributed by atoms with Crippen LogP contribution in [0.4, 0.5) is 0 Å². The van der Waals surface area contributed by atoms with E-state index in [0.29, 0.717) is 12.3 Å². The molecule has 0 N–H and O–H groups in total. The van der Waals surface area contributed by atoms with E-state index < -0.39 is 0 Å². The molecule has 0 spiro atoms. The van der Waals surface area contributed by atoms with Gasteiger partial charge in [0.05, 0.1) is 0 Å². The van der Waals surface area contributed by atoms with Crippen LogP contribution in [0.1, 0.15) is 54.1 Å². The molecule has 132 valence electrons. The van der Waals surface area contributed by atoms with Crippen LogP contribution >= 0.6 is 0 Å². The van der Waals surface area contributed by atoms with Gasteiger partial charge in [-0.2, -0.15) is 0 Å². The Morgan fingerprint density at radius 1 is 0.885 bits per heavy atom. The van der Waals surface area contributed by atoms with Crippen molar-refractivity contribution in [1.82, 2.24) is 0 Å². The molecule has 1 nitrogen and oxygen atoms in total. The van der Waals surface area contributed by atoms with Gasteiger partial charge in [-0.3, -0.25) is 4.79 Å². The summed E-state index contributed by atoms with van der Waals surface area (Å²) in [6.45, 7) is 4.46. The molecule has 0 aliphatic heterocycles. The average Bonchev–Trinajstić information content (AvgIpc) is 2.72. The first-order valence-corrected chi connectivity index (χ1v) is 9.45. The molecule has 26 heavy (non-hydrogen) atoms. The minimum Gasteiger partial charge on any atom is -0.294 e. The van der Waals surface area contributed by atoms with Crippen molar-refractivity contribution in [2.75, 3.05) is 0 Å². The van der Waals surface area contributed by atoms with E-state index in [1.807, 2.05) is 42.5 Å². The van der Waals surface area contributed by atoms with E-state index in [1.54, 1.807) is 0 Å². The van der Waals surface area contributed by atoms with Gasteiger partial charge in [-0.25, -0.2) is 0 Å². The minimum absolute atomic E-state index is 0.207. The Labute approximate surface area is 156 Å². The summed E-state index contributed by atoms with van der Waals surface area (Å²) >= 11 is 0. The zero-order valence-corrected chi connectivity index (χ0v) is 15.6. The smallest absolute Gasteiger partial charge is 0.163 e. The van der Waals surface area contributed by atoms with Gasteiger partial charge in [0, 0.05) is 12.0 Å². The summed E-state index contributed by atoms with van der Waals surface area (Å²) in [6.07, 6.45) is 2.45. The van der Waals surface area contributed by atoms with Gasteiger partial charge in [0.25, 0.3) is 0 Å². The fourth-order valence-corrected chi connectivity index (χ4v) is 3.28. The summed E-state index contributed by atoms with van der Waals surface area (Å²) in [5, 5.41) is 0. The van der Waals surface area contributed by atoms with Crippen molar-refractivity contribution in [3.8, 4) is 11.1 Å². The van der Waals surface area contributed by atoms with Crippen molar-refractivity contribution >= 4 is 5.78 Å². The van der Waals surface area contributed by atoms with Crippen molar-refractivity contribution in [3.63, 3.8) is 0 Å². The molecule has 1 heteroatoms. The first-order valence-electron chi connectivity index (χ1n) is 9.45. The fraction of sp³-hybridized carbons (Fsp3) is 0.240. The highest BCUT2D eigenvalue weighted by molar-refractivity contribution is 6.02. The number of rotatable bonds is 7. The van der Waals surface area contributed by atoms with Gasteiger partial charge in [-0.15, -0.1) is 0 Å². The third-order valence-electron chi connectivity index (χ3n) is 5.09.